The van der Waals surface area contributed by atoms with E-state index in [1.54, 1.807) is 12.1 Å². The van der Waals surface area contributed by atoms with Crippen LogP contribution in [0.5, 0.6) is 11.5 Å². The number of nitrogens with one attached hydrogen (secondary N) is 1. The first kappa shape index (κ1) is 15.4. The molecule has 6 heteroatoms. The number of hydrogen-bond donors (Lipinski definition) is 1. The second-order valence-corrected chi connectivity index (χ2v) is 5.58. The van der Waals surface area contributed by atoms with Crippen LogP contribution in [0.25, 0.3) is 6.08 Å². The Balaban J connectivity index is 1.73. The first-order valence-electron chi connectivity index (χ1n) is 7.59. The number of nitriles is 1. The summed E-state index contributed by atoms with van der Waals surface area (Å²) in [5.74, 6) is 0.917. The molecule has 0 unspecified atom stereocenters. The Labute approximate surface area is 134 Å². The van der Waals surface area contributed by atoms with Gasteiger partial charge in [-0.05, 0) is 49.1 Å². The average Bonchev–Trinajstić information content (AvgIpc) is 3.21. The van der Waals surface area contributed by atoms with Gasteiger partial charge in [0.15, 0.2) is 11.5 Å². The molecule has 1 aromatic carbocycles. The van der Waals surface area contributed by atoms with Gasteiger partial charge in [0.1, 0.15) is 11.6 Å². The fraction of sp³-hybridized carbons (Fsp3) is 0.412. The van der Waals surface area contributed by atoms with Gasteiger partial charge in [-0.3, -0.25) is 4.79 Å². The number of ether oxygens (including phenoxy) is 3. The van der Waals surface area contributed by atoms with Crippen LogP contribution in [0.2, 0.25) is 0 Å². The van der Waals surface area contributed by atoms with Crippen LogP contribution in [0.4, 0.5) is 0 Å². The van der Waals surface area contributed by atoms with E-state index in [2.05, 4.69) is 5.32 Å². The predicted octanol–water partition coefficient (Wildman–Crippen LogP) is 1.93. The Morgan fingerprint density at radius 2 is 2.22 bits per heavy atom. The van der Waals surface area contributed by atoms with Gasteiger partial charge in [-0.2, -0.15) is 5.26 Å². The van der Waals surface area contributed by atoms with E-state index in [-0.39, 0.29) is 24.4 Å². The molecule has 2 aliphatic rings. The molecule has 120 valence electrons. The average molecular weight is 314 g/mol. The monoisotopic (exact) mass is 314 g/mol. The summed E-state index contributed by atoms with van der Waals surface area (Å²) in [6, 6.07) is 5.58. The van der Waals surface area contributed by atoms with Crippen LogP contribution in [0.15, 0.2) is 17.7 Å². The molecule has 23 heavy (non-hydrogen) atoms. The minimum absolute atomic E-state index is 0.0474. The van der Waals surface area contributed by atoms with Crippen molar-refractivity contribution in [1.82, 2.24) is 5.32 Å². The van der Waals surface area contributed by atoms with Crippen molar-refractivity contribution in [3.05, 3.63) is 28.8 Å². The Morgan fingerprint density at radius 1 is 1.43 bits per heavy atom. The van der Waals surface area contributed by atoms with Crippen molar-refractivity contribution in [2.24, 2.45) is 0 Å². The third kappa shape index (κ3) is 3.46. The molecule has 2 heterocycles. The molecular weight excluding hydrogens is 296 g/mol. The summed E-state index contributed by atoms with van der Waals surface area (Å²) in [4.78, 5) is 12.2. The van der Waals surface area contributed by atoms with E-state index < -0.39 is 0 Å². The minimum Gasteiger partial charge on any atom is -0.454 e. The van der Waals surface area contributed by atoms with Gasteiger partial charge in [-0.15, -0.1) is 0 Å². The Bertz CT molecular complexity index is 685. The second-order valence-electron chi connectivity index (χ2n) is 5.58. The molecule has 1 fully saturated rings. The second kappa shape index (κ2) is 6.71. The van der Waals surface area contributed by atoms with Crippen LogP contribution in [-0.4, -0.2) is 32.0 Å². The first-order valence-corrected chi connectivity index (χ1v) is 7.59. The van der Waals surface area contributed by atoms with Crippen LogP contribution >= 0.6 is 0 Å². The summed E-state index contributed by atoms with van der Waals surface area (Å²) in [5.41, 5.74) is 1.73. The molecule has 1 aromatic rings. The third-order valence-electron chi connectivity index (χ3n) is 3.94. The van der Waals surface area contributed by atoms with E-state index in [0.717, 1.165) is 30.6 Å². The molecule has 0 aliphatic carbocycles. The van der Waals surface area contributed by atoms with Gasteiger partial charge < -0.3 is 19.5 Å². The number of nitrogens with zero attached hydrogens (tertiary/aromatic N) is 1. The van der Waals surface area contributed by atoms with Crippen molar-refractivity contribution in [3.8, 4) is 17.6 Å². The number of amides is 1. The van der Waals surface area contributed by atoms with Gasteiger partial charge in [-0.25, -0.2) is 0 Å². The fourth-order valence-corrected chi connectivity index (χ4v) is 2.63. The van der Waals surface area contributed by atoms with Crippen LogP contribution in [0.3, 0.4) is 0 Å². The van der Waals surface area contributed by atoms with E-state index >= 15 is 0 Å². The molecule has 1 amide bonds. The van der Waals surface area contributed by atoms with Crippen LogP contribution in [-0.2, 0) is 9.53 Å². The molecule has 0 radical (unpaired) electrons. The van der Waals surface area contributed by atoms with Crippen molar-refractivity contribution in [3.63, 3.8) is 0 Å². The molecule has 0 bridgehead atoms. The SMILES string of the molecule is Cc1cc2c(cc1/C=C(\C#N)C(=O)NC[C@H]1CCCO1)OCO2. The van der Waals surface area contributed by atoms with Gasteiger partial charge in [0, 0.05) is 13.2 Å². The molecule has 2 aliphatic heterocycles. The van der Waals surface area contributed by atoms with Crippen LogP contribution < -0.4 is 14.8 Å². The highest BCUT2D eigenvalue weighted by molar-refractivity contribution is 6.01. The zero-order chi connectivity index (χ0) is 16.2. The standard InChI is InChI=1S/C17H18N2O4/c1-11-5-15-16(23-10-22-15)7-12(11)6-13(8-18)17(20)19-9-14-3-2-4-21-14/h5-7,14H,2-4,9-10H2,1H3,(H,19,20)/b13-6+/t14-/m1/s1. The normalized spacial score (nSPS) is 19.5. The van der Waals surface area contributed by atoms with Crippen LogP contribution in [0, 0.1) is 18.3 Å². The number of aryl methyl sites for hydroxylation is 1. The number of benzene rings is 1. The summed E-state index contributed by atoms with van der Waals surface area (Å²) in [6.45, 7) is 3.25. The molecule has 0 aromatic heterocycles. The van der Waals surface area contributed by atoms with Crippen molar-refractivity contribution in [2.75, 3.05) is 19.9 Å². The number of fused-ring (bicyclic) bond motifs is 1. The molecule has 6 nitrogen and oxygen atoms in total. The first-order chi connectivity index (χ1) is 11.2. The minimum atomic E-state index is -0.389. The molecule has 0 spiro atoms. The smallest absolute Gasteiger partial charge is 0.262 e. The van der Waals surface area contributed by atoms with Gasteiger partial charge in [0.25, 0.3) is 5.91 Å². The Kier molecular flexibility index (Phi) is 4.49. The van der Waals surface area contributed by atoms with Gasteiger partial charge in [-0.1, -0.05) is 0 Å². The van der Waals surface area contributed by atoms with Gasteiger partial charge >= 0.3 is 0 Å². The summed E-state index contributed by atoms with van der Waals surface area (Å²) in [5, 5.41) is 12.0. The summed E-state index contributed by atoms with van der Waals surface area (Å²) in [7, 11) is 0. The highest BCUT2D eigenvalue weighted by atomic mass is 16.7. The predicted molar refractivity (Wildman–Crippen MR) is 82.9 cm³/mol. The van der Waals surface area contributed by atoms with Crippen molar-refractivity contribution in [2.45, 2.75) is 25.9 Å². The molecule has 3 rings (SSSR count). The lowest BCUT2D eigenvalue weighted by Gasteiger charge is -2.10. The fourth-order valence-electron chi connectivity index (χ4n) is 2.63. The van der Waals surface area contributed by atoms with Crippen molar-refractivity contribution in [1.29, 1.82) is 5.26 Å². The Hall–Kier alpha value is -2.52. The van der Waals surface area contributed by atoms with Crippen LogP contribution in [0.1, 0.15) is 24.0 Å². The highest BCUT2D eigenvalue weighted by Crippen LogP contribution is 2.35. The number of hydrogen-bond acceptors (Lipinski definition) is 5. The van der Waals surface area contributed by atoms with E-state index in [1.807, 2.05) is 19.1 Å². The third-order valence-corrected chi connectivity index (χ3v) is 3.94. The quantitative estimate of drug-likeness (QED) is 0.678. The maximum absolute atomic E-state index is 12.2. The topological polar surface area (TPSA) is 80.6 Å². The Morgan fingerprint density at radius 3 is 2.91 bits per heavy atom. The lowest BCUT2D eigenvalue weighted by Crippen LogP contribution is -2.32. The lowest BCUT2D eigenvalue weighted by atomic mass is 10.0. The molecule has 0 saturated carbocycles. The number of rotatable bonds is 4. The maximum atomic E-state index is 12.2. The van der Waals surface area contributed by atoms with Crippen molar-refractivity contribution < 1.29 is 19.0 Å². The highest BCUT2D eigenvalue weighted by Gasteiger charge is 2.19. The maximum Gasteiger partial charge on any atom is 0.262 e. The number of carbonyl (C=O) groups excluding carboxylic acids is 1. The summed E-state index contributed by atoms with van der Waals surface area (Å²) in [6.07, 6.45) is 3.57. The zero-order valence-electron chi connectivity index (χ0n) is 12.9. The lowest BCUT2D eigenvalue weighted by molar-refractivity contribution is -0.117. The van der Waals surface area contributed by atoms with E-state index in [4.69, 9.17) is 14.2 Å². The van der Waals surface area contributed by atoms with Gasteiger partial charge in [0.05, 0.1) is 6.10 Å². The molecule has 1 atom stereocenters. The van der Waals surface area contributed by atoms with E-state index in [9.17, 15) is 10.1 Å². The molecule has 1 saturated heterocycles. The largest absolute Gasteiger partial charge is 0.454 e. The van der Waals surface area contributed by atoms with Gasteiger partial charge in [0.2, 0.25) is 6.79 Å². The van der Waals surface area contributed by atoms with Crippen molar-refractivity contribution >= 4 is 12.0 Å². The summed E-state index contributed by atoms with van der Waals surface area (Å²) < 4.78 is 16.1. The summed E-state index contributed by atoms with van der Waals surface area (Å²) >= 11 is 0. The molecule has 1 N–H and O–H groups in total. The molecular formula is C17H18N2O4. The van der Waals surface area contributed by atoms with E-state index in [1.165, 1.54) is 0 Å². The number of carbonyl (C=O) groups is 1. The zero-order valence-corrected chi connectivity index (χ0v) is 12.9. The van der Waals surface area contributed by atoms with E-state index in [0.29, 0.717) is 18.0 Å².